The lowest BCUT2D eigenvalue weighted by Gasteiger charge is -2.18. The van der Waals surface area contributed by atoms with Gasteiger partial charge in [-0.05, 0) is 44.0 Å². The molecule has 2 nitrogen and oxygen atoms in total. The molecule has 1 fully saturated rings. The molecule has 0 aromatic heterocycles. The van der Waals surface area contributed by atoms with Gasteiger partial charge in [0, 0.05) is 17.0 Å². The molecule has 18 heavy (non-hydrogen) atoms. The maximum atomic E-state index is 9.48. The van der Waals surface area contributed by atoms with Gasteiger partial charge in [-0.25, -0.2) is 0 Å². The van der Waals surface area contributed by atoms with Crippen molar-refractivity contribution in [3.05, 3.63) is 29.8 Å². The molecule has 0 spiro atoms. The third-order valence-electron chi connectivity index (χ3n) is 3.64. The van der Waals surface area contributed by atoms with E-state index in [4.69, 9.17) is 0 Å². The summed E-state index contributed by atoms with van der Waals surface area (Å²) in [5.41, 5.74) is 1.21. The molecule has 0 radical (unpaired) electrons. The third-order valence-corrected chi connectivity index (χ3v) is 5.17. The number of phenols is 1. The highest BCUT2D eigenvalue weighted by atomic mass is 32.2. The van der Waals surface area contributed by atoms with Crippen LogP contribution in [0.2, 0.25) is 0 Å². The number of aromatic hydroxyl groups is 1. The number of likely N-dealkylation sites (N-methyl/N-ethyl adjacent to an activating group) is 1. The van der Waals surface area contributed by atoms with E-state index in [-0.39, 0.29) is 0 Å². The molecule has 1 unspecified atom stereocenters. The molecule has 0 aliphatic heterocycles. The highest BCUT2D eigenvalue weighted by Gasteiger charge is 2.17. The van der Waals surface area contributed by atoms with E-state index in [0.717, 1.165) is 17.4 Å². The van der Waals surface area contributed by atoms with Crippen molar-refractivity contribution in [3.63, 3.8) is 0 Å². The van der Waals surface area contributed by atoms with E-state index in [1.54, 1.807) is 6.07 Å². The molecular formula is C15H23NOS. The van der Waals surface area contributed by atoms with Crippen LogP contribution in [0.15, 0.2) is 24.3 Å². The van der Waals surface area contributed by atoms with E-state index < -0.39 is 0 Å². The topological polar surface area (TPSA) is 32.3 Å². The molecule has 2 rings (SSSR count). The van der Waals surface area contributed by atoms with Crippen molar-refractivity contribution in [2.75, 3.05) is 12.8 Å². The van der Waals surface area contributed by atoms with Crippen LogP contribution in [0.3, 0.4) is 0 Å². The average Bonchev–Trinajstić information content (AvgIpc) is 2.87. The monoisotopic (exact) mass is 265 g/mol. The lowest BCUT2D eigenvalue weighted by Crippen LogP contribution is -2.30. The largest absolute Gasteiger partial charge is 0.508 e. The Labute approximate surface area is 114 Å². The van der Waals surface area contributed by atoms with E-state index in [2.05, 4.69) is 23.1 Å². The van der Waals surface area contributed by atoms with Crippen LogP contribution in [0.5, 0.6) is 5.75 Å². The van der Waals surface area contributed by atoms with Gasteiger partial charge in [0.15, 0.2) is 0 Å². The number of nitrogens with one attached hydrogen (secondary N) is 1. The zero-order valence-corrected chi connectivity index (χ0v) is 11.9. The molecule has 0 bridgehead atoms. The number of rotatable bonds is 6. The molecular weight excluding hydrogens is 242 g/mol. The molecule has 100 valence electrons. The summed E-state index contributed by atoms with van der Waals surface area (Å²) in [4.78, 5) is 0. The lowest BCUT2D eigenvalue weighted by molar-refractivity contribution is 0.474. The van der Waals surface area contributed by atoms with Crippen molar-refractivity contribution in [2.24, 2.45) is 0 Å². The summed E-state index contributed by atoms with van der Waals surface area (Å²) in [6.45, 7) is 0. The Balaban J connectivity index is 1.81. The molecule has 1 saturated carbocycles. The van der Waals surface area contributed by atoms with Gasteiger partial charge in [0.05, 0.1) is 0 Å². The molecule has 1 atom stereocenters. The first-order chi connectivity index (χ1) is 8.78. The normalized spacial score (nSPS) is 18.1. The predicted octanol–water partition coefficient (Wildman–Crippen LogP) is 3.20. The van der Waals surface area contributed by atoms with Crippen molar-refractivity contribution in [2.45, 2.75) is 43.4 Å². The van der Waals surface area contributed by atoms with Crippen LogP contribution in [0, 0.1) is 0 Å². The minimum atomic E-state index is 0.366. The van der Waals surface area contributed by atoms with Gasteiger partial charge in [0.1, 0.15) is 5.75 Å². The zero-order chi connectivity index (χ0) is 12.8. The standard InChI is InChI=1S/C15H23NOS/c1-16-13(11-18-15-7-2-3-8-15)9-12-5-4-6-14(17)10-12/h4-6,10,13,15-17H,2-3,7-9,11H2,1H3. The first-order valence-corrected chi connectivity index (χ1v) is 7.89. The van der Waals surface area contributed by atoms with Gasteiger partial charge >= 0.3 is 0 Å². The zero-order valence-electron chi connectivity index (χ0n) is 11.1. The highest BCUT2D eigenvalue weighted by molar-refractivity contribution is 7.99. The first kappa shape index (κ1) is 13.8. The second kappa shape index (κ2) is 7.05. The summed E-state index contributed by atoms with van der Waals surface area (Å²) in [6.07, 6.45) is 6.61. The van der Waals surface area contributed by atoms with E-state index in [1.807, 2.05) is 19.2 Å². The van der Waals surface area contributed by atoms with Crippen LogP contribution in [0.25, 0.3) is 0 Å². The Bertz CT molecular complexity index is 363. The third kappa shape index (κ3) is 4.21. The molecule has 0 saturated heterocycles. The summed E-state index contributed by atoms with van der Waals surface area (Å²) in [6, 6.07) is 8.10. The molecule has 0 amide bonds. The Kier molecular flexibility index (Phi) is 5.39. The van der Waals surface area contributed by atoms with Crippen molar-refractivity contribution in [1.29, 1.82) is 0 Å². The van der Waals surface area contributed by atoms with Crippen LogP contribution in [-0.2, 0) is 6.42 Å². The van der Waals surface area contributed by atoms with Crippen molar-refractivity contribution in [1.82, 2.24) is 5.32 Å². The van der Waals surface area contributed by atoms with Crippen LogP contribution < -0.4 is 5.32 Å². The molecule has 1 aliphatic carbocycles. The van der Waals surface area contributed by atoms with Gasteiger partial charge in [-0.3, -0.25) is 0 Å². The van der Waals surface area contributed by atoms with Gasteiger partial charge in [-0.1, -0.05) is 25.0 Å². The molecule has 1 aliphatic rings. The fraction of sp³-hybridized carbons (Fsp3) is 0.600. The van der Waals surface area contributed by atoms with Gasteiger partial charge in [-0.15, -0.1) is 0 Å². The van der Waals surface area contributed by atoms with Crippen molar-refractivity contribution in [3.8, 4) is 5.75 Å². The van der Waals surface area contributed by atoms with Crippen LogP contribution in [-0.4, -0.2) is 29.2 Å². The Morgan fingerprint density at radius 3 is 2.83 bits per heavy atom. The Hall–Kier alpha value is -0.670. The summed E-state index contributed by atoms with van der Waals surface area (Å²) in [5, 5.41) is 13.7. The van der Waals surface area contributed by atoms with Crippen molar-refractivity contribution < 1.29 is 5.11 Å². The van der Waals surface area contributed by atoms with E-state index in [1.165, 1.54) is 31.2 Å². The van der Waals surface area contributed by atoms with Crippen molar-refractivity contribution >= 4 is 11.8 Å². The fourth-order valence-corrected chi connectivity index (χ4v) is 3.98. The van der Waals surface area contributed by atoms with Gasteiger partial charge in [0.2, 0.25) is 0 Å². The Morgan fingerprint density at radius 1 is 1.39 bits per heavy atom. The van der Waals surface area contributed by atoms with E-state index in [9.17, 15) is 5.11 Å². The predicted molar refractivity (Wildman–Crippen MR) is 79.4 cm³/mol. The molecule has 3 heteroatoms. The number of thioether (sulfide) groups is 1. The van der Waals surface area contributed by atoms with E-state index >= 15 is 0 Å². The van der Waals surface area contributed by atoms with Crippen LogP contribution in [0.4, 0.5) is 0 Å². The minimum Gasteiger partial charge on any atom is -0.508 e. The minimum absolute atomic E-state index is 0.366. The van der Waals surface area contributed by atoms with E-state index in [0.29, 0.717) is 11.8 Å². The first-order valence-electron chi connectivity index (χ1n) is 6.84. The lowest BCUT2D eigenvalue weighted by atomic mass is 10.1. The summed E-state index contributed by atoms with van der Waals surface area (Å²) in [5.74, 6) is 1.53. The Morgan fingerprint density at radius 2 is 2.17 bits per heavy atom. The number of hydrogen-bond donors (Lipinski definition) is 2. The van der Waals surface area contributed by atoms with Crippen LogP contribution >= 0.6 is 11.8 Å². The van der Waals surface area contributed by atoms with Gasteiger partial charge in [0.25, 0.3) is 0 Å². The van der Waals surface area contributed by atoms with Crippen LogP contribution in [0.1, 0.15) is 31.2 Å². The smallest absolute Gasteiger partial charge is 0.115 e. The highest BCUT2D eigenvalue weighted by Crippen LogP contribution is 2.30. The molecule has 1 aromatic carbocycles. The number of phenolic OH excluding ortho intramolecular Hbond substituents is 1. The van der Waals surface area contributed by atoms with Gasteiger partial charge < -0.3 is 10.4 Å². The SMILES string of the molecule is CNC(CSC1CCCC1)Cc1cccc(O)c1. The number of hydrogen-bond acceptors (Lipinski definition) is 3. The fourth-order valence-electron chi connectivity index (χ4n) is 2.52. The molecule has 0 heterocycles. The summed E-state index contributed by atoms with van der Waals surface area (Å²) >= 11 is 2.12. The second-order valence-corrected chi connectivity index (χ2v) is 6.43. The molecule has 1 aromatic rings. The second-order valence-electron chi connectivity index (χ2n) is 5.10. The number of benzene rings is 1. The average molecular weight is 265 g/mol. The molecule has 2 N–H and O–H groups in total. The quantitative estimate of drug-likeness (QED) is 0.828. The summed E-state index contributed by atoms with van der Waals surface area (Å²) in [7, 11) is 2.03. The maximum absolute atomic E-state index is 9.48. The summed E-state index contributed by atoms with van der Waals surface area (Å²) < 4.78 is 0. The van der Waals surface area contributed by atoms with Gasteiger partial charge in [-0.2, -0.15) is 11.8 Å². The maximum Gasteiger partial charge on any atom is 0.115 e.